The van der Waals surface area contributed by atoms with Gasteiger partial charge in [-0.15, -0.1) is 0 Å². The van der Waals surface area contributed by atoms with E-state index in [9.17, 15) is 4.21 Å². The summed E-state index contributed by atoms with van der Waals surface area (Å²) in [7, 11) is -1.12. The molecule has 0 aromatic rings. The van der Waals surface area contributed by atoms with Crippen molar-refractivity contribution in [1.82, 2.24) is 0 Å². The number of allylic oxidation sites excluding steroid dienone is 2. The molecule has 0 bridgehead atoms. The lowest BCUT2D eigenvalue weighted by Gasteiger charge is -2.12. The first-order chi connectivity index (χ1) is 5.48. The Morgan fingerprint density at radius 2 is 2.00 bits per heavy atom. The van der Waals surface area contributed by atoms with Crippen LogP contribution in [0.2, 0.25) is 0 Å². The fraction of sp³-hybridized carbons (Fsp3) is 0.667. The van der Waals surface area contributed by atoms with Gasteiger partial charge in [-0.25, -0.2) is 4.21 Å². The van der Waals surface area contributed by atoms with Crippen LogP contribution in [0.3, 0.4) is 0 Å². The summed E-state index contributed by atoms with van der Waals surface area (Å²) in [4.78, 5) is 0. The van der Waals surface area contributed by atoms with Crippen molar-refractivity contribution in [2.45, 2.75) is 38.9 Å². The molecule has 2 nitrogen and oxygen atoms in total. The summed E-state index contributed by atoms with van der Waals surface area (Å²) in [5.41, 5.74) is 0. The molecule has 0 saturated heterocycles. The van der Waals surface area contributed by atoms with Crippen molar-refractivity contribution in [2.24, 2.45) is 4.40 Å². The average Bonchev–Trinajstić information content (AvgIpc) is 1.96. The average molecular weight is 187 g/mol. The molecule has 0 spiro atoms. The first-order valence-corrected chi connectivity index (χ1v) is 5.20. The van der Waals surface area contributed by atoms with E-state index in [1.807, 2.05) is 39.8 Å². The van der Waals surface area contributed by atoms with Gasteiger partial charge in [0.15, 0.2) is 0 Å². The Kier molecular flexibility index (Phi) is 5.06. The zero-order valence-corrected chi connectivity index (χ0v) is 9.02. The molecule has 0 aliphatic heterocycles. The molecule has 0 aromatic carbocycles. The smallest absolute Gasteiger partial charge is 0.144 e. The van der Waals surface area contributed by atoms with Crippen LogP contribution in [0, 0.1) is 0 Å². The summed E-state index contributed by atoms with van der Waals surface area (Å²) in [6.07, 6.45) is 6.38. The quantitative estimate of drug-likeness (QED) is 0.624. The first kappa shape index (κ1) is 11.6. The molecule has 0 heterocycles. The summed E-state index contributed by atoms with van der Waals surface area (Å²) >= 11 is 0. The van der Waals surface area contributed by atoms with E-state index in [1.54, 1.807) is 6.21 Å². The van der Waals surface area contributed by atoms with Crippen molar-refractivity contribution < 1.29 is 4.21 Å². The van der Waals surface area contributed by atoms with E-state index < -0.39 is 11.0 Å². The fourth-order valence-corrected chi connectivity index (χ4v) is 0.943. The maximum absolute atomic E-state index is 11.3. The van der Waals surface area contributed by atoms with E-state index in [2.05, 4.69) is 4.40 Å². The zero-order chi connectivity index (χ0) is 9.61. The lowest BCUT2D eigenvalue weighted by atomic mass is 10.3. The van der Waals surface area contributed by atoms with Gasteiger partial charge in [-0.2, -0.15) is 4.40 Å². The lowest BCUT2D eigenvalue weighted by molar-refractivity contribution is 0.651. The Bertz CT molecular complexity index is 201. The van der Waals surface area contributed by atoms with Crippen LogP contribution in [-0.2, 0) is 11.0 Å². The van der Waals surface area contributed by atoms with Gasteiger partial charge in [0.25, 0.3) is 0 Å². The molecule has 0 aliphatic rings. The molecule has 0 aliphatic carbocycles. The predicted molar refractivity (Wildman–Crippen MR) is 55.8 cm³/mol. The van der Waals surface area contributed by atoms with Gasteiger partial charge in [0.1, 0.15) is 11.0 Å². The standard InChI is InChI=1S/C9H17NOS/c1-5-6-7-8-10-12(11)9(2,3)4/h6-8H,5H2,1-4H3/b7-6+,10-8+. The fourth-order valence-electron chi connectivity index (χ4n) is 0.445. The maximum Gasteiger partial charge on any atom is 0.144 e. The van der Waals surface area contributed by atoms with Gasteiger partial charge in [-0.3, -0.25) is 0 Å². The van der Waals surface area contributed by atoms with E-state index in [1.165, 1.54) is 0 Å². The Hall–Kier alpha value is -0.440. The normalized spacial score (nSPS) is 16.0. The summed E-state index contributed by atoms with van der Waals surface area (Å²) in [5.74, 6) is 0. The minimum Gasteiger partial charge on any atom is -0.234 e. The summed E-state index contributed by atoms with van der Waals surface area (Å²) in [6.45, 7) is 7.77. The van der Waals surface area contributed by atoms with Gasteiger partial charge < -0.3 is 0 Å². The molecule has 12 heavy (non-hydrogen) atoms. The van der Waals surface area contributed by atoms with E-state index in [0.29, 0.717) is 0 Å². The van der Waals surface area contributed by atoms with E-state index in [4.69, 9.17) is 0 Å². The molecule has 0 radical (unpaired) electrons. The monoisotopic (exact) mass is 187 g/mol. The number of nitrogens with zero attached hydrogens (tertiary/aromatic N) is 1. The molecule has 0 saturated carbocycles. The highest BCUT2D eigenvalue weighted by Crippen LogP contribution is 2.11. The van der Waals surface area contributed by atoms with Crippen LogP contribution >= 0.6 is 0 Å². The molecule has 0 rings (SSSR count). The van der Waals surface area contributed by atoms with Gasteiger partial charge in [-0.1, -0.05) is 13.0 Å². The van der Waals surface area contributed by atoms with Gasteiger partial charge in [-0.05, 0) is 33.3 Å². The van der Waals surface area contributed by atoms with Gasteiger partial charge in [0, 0.05) is 6.21 Å². The second-order valence-corrected chi connectivity index (χ2v) is 5.39. The highest BCUT2D eigenvalue weighted by molar-refractivity contribution is 7.85. The van der Waals surface area contributed by atoms with Gasteiger partial charge in [0.05, 0.1) is 4.75 Å². The van der Waals surface area contributed by atoms with Crippen LogP contribution < -0.4 is 0 Å². The molecular formula is C9H17NOS. The van der Waals surface area contributed by atoms with Crippen LogP contribution in [0.1, 0.15) is 34.1 Å². The molecule has 0 N–H and O–H groups in total. The van der Waals surface area contributed by atoms with Crippen molar-refractivity contribution in [1.29, 1.82) is 0 Å². The number of hydrogen-bond acceptors (Lipinski definition) is 1. The molecule has 0 aromatic heterocycles. The first-order valence-electron chi connectivity index (χ1n) is 4.09. The third-order valence-corrected chi connectivity index (χ3v) is 2.50. The van der Waals surface area contributed by atoms with Crippen LogP contribution in [-0.4, -0.2) is 15.2 Å². The maximum atomic E-state index is 11.3. The van der Waals surface area contributed by atoms with E-state index >= 15 is 0 Å². The van der Waals surface area contributed by atoms with E-state index in [-0.39, 0.29) is 4.75 Å². The predicted octanol–water partition coefficient (Wildman–Crippen LogP) is 2.49. The molecule has 70 valence electrons. The van der Waals surface area contributed by atoms with Gasteiger partial charge >= 0.3 is 0 Å². The van der Waals surface area contributed by atoms with Crippen molar-refractivity contribution >= 4 is 17.2 Å². The Morgan fingerprint density at radius 3 is 2.42 bits per heavy atom. The van der Waals surface area contributed by atoms with Crippen LogP contribution in [0.25, 0.3) is 0 Å². The Morgan fingerprint density at radius 1 is 1.42 bits per heavy atom. The van der Waals surface area contributed by atoms with Crippen LogP contribution in [0.4, 0.5) is 0 Å². The topological polar surface area (TPSA) is 29.4 Å². The van der Waals surface area contributed by atoms with Crippen LogP contribution in [0.5, 0.6) is 0 Å². The Labute approximate surface area is 77.4 Å². The summed E-state index contributed by atoms with van der Waals surface area (Å²) in [6, 6.07) is 0. The van der Waals surface area contributed by atoms with Crippen LogP contribution in [0.15, 0.2) is 16.5 Å². The second kappa shape index (κ2) is 5.25. The molecular weight excluding hydrogens is 170 g/mol. The number of hydrogen-bond donors (Lipinski definition) is 0. The SMILES string of the molecule is CC/C=C/C=N/S(=O)C(C)(C)C. The summed E-state index contributed by atoms with van der Waals surface area (Å²) in [5, 5.41) is 0. The van der Waals surface area contributed by atoms with Crippen molar-refractivity contribution in [3.63, 3.8) is 0 Å². The summed E-state index contributed by atoms with van der Waals surface area (Å²) < 4.78 is 14.9. The molecule has 3 heteroatoms. The van der Waals surface area contributed by atoms with E-state index in [0.717, 1.165) is 6.42 Å². The number of rotatable bonds is 3. The molecule has 1 atom stereocenters. The largest absolute Gasteiger partial charge is 0.234 e. The minimum atomic E-state index is -1.12. The Balaban J connectivity index is 4.01. The van der Waals surface area contributed by atoms with Crippen molar-refractivity contribution in [3.8, 4) is 0 Å². The lowest BCUT2D eigenvalue weighted by Crippen LogP contribution is -2.19. The minimum absolute atomic E-state index is 0.253. The third-order valence-electron chi connectivity index (χ3n) is 1.14. The molecule has 0 amide bonds. The van der Waals surface area contributed by atoms with Crippen molar-refractivity contribution in [2.75, 3.05) is 0 Å². The highest BCUT2D eigenvalue weighted by Gasteiger charge is 2.17. The molecule has 1 unspecified atom stereocenters. The third kappa shape index (κ3) is 5.24. The second-order valence-electron chi connectivity index (χ2n) is 3.45. The zero-order valence-electron chi connectivity index (χ0n) is 8.20. The molecule has 0 fully saturated rings. The van der Waals surface area contributed by atoms with Crippen molar-refractivity contribution in [3.05, 3.63) is 12.2 Å². The highest BCUT2D eigenvalue weighted by atomic mass is 32.2. The van der Waals surface area contributed by atoms with Gasteiger partial charge in [0.2, 0.25) is 0 Å².